The van der Waals surface area contributed by atoms with Crippen molar-refractivity contribution < 1.29 is 4.40 Å². The summed E-state index contributed by atoms with van der Waals surface area (Å²) in [6.07, 6.45) is 6.01. The van der Waals surface area contributed by atoms with Gasteiger partial charge in [0.05, 0.1) is 11.8 Å². The van der Waals surface area contributed by atoms with Crippen LogP contribution in [0, 0.1) is 0 Å². The monoisotopic (exact) mass is 207 g/mol. The quantitative estimate of drug-likeness (QED) is 0.560. The molecule has 1 aromatic carbocycles. The van der Waals surface area contributed by atoms with Crippen molar-refractivity contribution in [3.05, 3.63) is 67.1 Å². The maximum atomic E-state index is 4.42. The van der Waals surface area contributed by atoms with Gasteiger partial charge in [0.15, 0.2) is 6.20 Å². The minimum absolute atomic E-state index is 0.960. The fourth-order valence-corrected chi connectivity index (χ4v) is 1.76. The van der Waals surface area contributed by atoms with E-state index in [1.54, 1.807) is 0 Å². The Morgan fingerprint density at radius 3 is 2.50 bits per heavy atom. The van der Waals surface area contributed by atoms with E-state index in [4.69, 9.17) is 0 Å². The van der Waals surface area contributed by atoms with Crippen LogP contribution in [0.2, 0.25) is 0 Å². The number of hydrogen-bond acceptors (Lipinski definition) is 1. The highest BCUT2D eigenvalue weighted by Crippen LogP contribution is 2.15. The Kier molecular flexibility index (Phi) is 2.11. The van der Waals surface area contributed by atoms with Gasteiger partial charge in [0.1, 0.15) is 6.20 Å². The average Bonchev–Trinajstić information content (AvgIpc) is 2.39. The van der Waals surface area contributed by atoms with Crippen molar-refractivity contribution in [2.45, 2.75) is 0 Å². The van der Waals surface area contributed by atoms with Crippen LogP contribution >= 0.6 is 0 Å². The first-order valence-corrected chi connectivity index (χ1v) is 5.25. The van der Waals surface area contributed by atoms with Gasteiger partial charge in [-0.05, 0) is 16.6 Å². The first-order chi connectivity index (χ1) is 7.93. The zero-order valence-corrected chi connectivity index (χ0v) is 8.75. The molecule has 0 N–H and O–H groups in total. The van der Waals surface area contributed by atoms with Crippen LogP contribution in [0.5, 0.6) is 0 Å². The highest BCUT2D eigenvalue weighted by Gasteiger charge is 2.05. The highest BCUT2D eigenvalue weighted by molar-refractivity contribution is 5.61. The second-order valence-corrected chi connectivity index (χ2v) is 3.67. The molecule has 0 amide bonds. The molecule has 2 heteroatoms. The van der Waals surface area contributed by atoms with E-state index in [2.05, 4.69) is 23.3 Å². The molecular formula is C14H11N2+. The van der Waals surface area contributed by atoms with Gasteiger partial charge in [-0.2, -0.15) is 0 Å². The largest absolute Gasteiger partial charge is 0.327 e. The van der Waals surface area contributed by atoms with E-state index in [-0.39, 0.29) is 0 Å². The molecule has 0 aliphatic rings. The molecule has 3 rings (SSSR count). The molecule has 2 nitrogen and oxygen atoms in total. The van der Waals surface area contributed by atoms with Crippen LogP contribution in [0.1, 0.15) is 0 Å². The van der Waals surface area contributed by atoms with Gasteiger partial charge < -0.3 is 0 Å². The van der Waals surface area contributed by atoms with Crippen LogP contribution in [0.4, 0.5) is 0 Å². The molecule has 2 heterocycles. The molecule has 0 aliphatic carbocycles. The lowest BCUT2D eigenvalue weighted by atomic mass is 10.1. The average molecular weight is 207 g/mol. The van der Waals surface area contributed by atoms with Crippen LogP contribution in [0.3, 0.4) is 0 Å². The molecule has 0 saturated carbocycles. The number of fused-ring (bicyclic) bond motifs is 1. The summed E-state index contributed by atoms with van der Waals surface area (Å²) in [5, 5.41) is 0. The van der Waals surface area contributed by atoms with Crippen molar-refractivity contribution in [1.82, 2.24) is 4.98 Å². The Bertz CT molecular complexity index is 618. The predicted molar refractivity (Wildman–Crippen MR) is 62.8 cm³/mol. The summed E-state index contributed by atoms with van der Waals surface area (Å²) in [6, 6.07) is 16.3. The van der Waals surface area contributed by atoms with Crippen LogP contribution in [-0.4, -0.2) is 4.98 Å². The summed E-state index contributed by atoms with van der Waals surface area (Å²) in [7, 11) is 0. The molecule has 16 heavy (non-hydrogen) atoms. The Hall–Kier alpha value is -2.22. The zero-order chi connectivity index (χ0) is 10.8. The molecule has 3 aromatic rings. The third-order valence-corrected chi connectivity index (χ3v) is 2.59. The SMILES string of the molecule is c1ccc(-c2cnc3cccc[n+]3c2)cc1. The summed E-state index contributed by atoms with van der Waals surface area (Å²) < 4.78 is 2.03. The van der Waals surface area contributed by atoms with Crippen molar-refractivity contribution in [2.24, 2.45) is 0 Å². The summed E-state index contributed by atoms with van der Waals surface area (Å²) in [5.74, 6) is 0. The molecule has 0 fully saturated rings. The number of nitrogens with zero attached hydrogens (tertiary/aromatic N) is 2. The van der Waals surface area contributed by atoms with E-state index in [9.17, 15) is 0 Å². The Balaban J connectivity index is 2.19. The van der Waals surface area contributed by atoms with E-state index >= 15 is 0 Å². The van der Waals surface area contributed by atoms with Crippen molar-refractivity contribution in [2.75, 3.05) is 0 Å². The molecule has 0 aliphatic heterocycles. The van der Waals surface area contributed by atoms with Gasteiger partial charge in [-0.1, -0.05) is 36.4 Å². The molecule has 0 radical (unpaired) electrons. The van der Waals surface area contributed by atoms with Crippen molar-refractivity contribution in [1.29, 1.82) is 0 Å². The van der Waals surface area contributed by atoms with Gasteiger partial charge in [0, 0.05) is 6.07 Å². The normalized spacial score (nSPS) is 10.5. The van der Waals surface area contributed by atoms with E-state index in [1.165, 1.54) is 5.56 Å². The van der Waals surface area contributed by atoms with Crippen LogP contribution in [0.15, 0.2) is 67.1 Å². The third kappa shape index (κ3) is 1.54. The van der Waals surface area contributed by atoms with Gasteiger partial charge >= 0.3 is 5.65 Å². The number of hydrogen-bond donors (Lipinski definition) is 0. The summed E-state index contributed by atoms with van der Waals surface area (Å²) in [6.45, 7) is 0. The van der Waals surface area contributed by atoms with E-state index < -0.39 is 0 Å². The van der Waals surface area contributed by atoms with E-state index in [1.807, 2.05) is 53.2 Å². The molecule has 0 spiro atoms. The summed E-state index contributed by atoms with van der Waals surface area (Å²) >= 11 is 0. The lowest BCUT2D eigenvalue weighted by Gasteiger charge is -1.97. The Morgan fingerprint density at radius 2 is 1.62 bits per heavy atom. The molecule has 0 unspecified atom stereocenters. The molecule has 76 valence electrons. The number of rotatable bonds is 1. The van der Waals surface area contributed by atoms with Crippen molar-refractivity contribution >= 4 is 5.65 Å². The van der Waals surface area contributed by atoms with Gasteiger partial charge in [-0.25, -0.2) is 4.40 Å². The molecule has 0 saturated heterocycles. The second-order valence-electron chi connectivity index (χ2n) is 3.67. The lowest BCUT2D eigenvalue weighted by molar-refractivity contribution is -0.514. The first kappa shape index (κ1) is 9.04. The minimum Gasteiger partial charge on any atom is -0.203 e. The maximum Gasteiger partial charge on any atom is 0.327 e. The zero-order valence-electron chi connectivity index (χ0n) is 8.75. The third-order valence-electron chi connectivity index (χ3n) is 2.59. The van der Waals surface area contributed by atoms with Crippen molar-refractivity contribution in [3.8, 4) is 11.1 Å². The van der Waals surface area contributed by atoms with Crippen LogP contribution in [0.25, 0.3) is 16.8 Å². The molecule has 2 aromatic heterocycles. The minimum atomic E-state index is 0.960. The fourth-order valence-electron chi connectivity index (χ4n) is 1.76. The number of benzene rings is 1. The van der Waals surface area contributed by atoms with Crippen LogP contribution in [-0.2, 0) is 0 Å². The Morgan fingerprint density at radius 1 is 0.812 bits per heavy atom. The smallest absolute Gasteiger partial charge is 0.203 e. The van der Waals surface area contributed by atoms with Gasteiger partial charge in [0.25, 0.3) is 0 Å². The van der Waals surface area contributed by atoms with E-state index in [0.29, 0.717) is 0 Å². The van der Waals surface area contributed by atoms with Crippen LogP contribution < -0.4 is 4.40 Å². The molecule has 0 bridgehead atoms. The molecule has 0 atom stereocenters. The number of pyridine rings is 1. The van der Waals surface area contributed by atoms with E-state index in [0.717, 1.165) is 11.2 Å². The number of aromatic nitrogens is 2. The lowest BCUT2D eigenvalue weighted by Crippen LogP contribution is -2.21. The fraction of sp³-hybridized carbons (Fsp3) is 0. The summed E-state index contributed by atoms with van der Waals surface area (Å²) in [5.41, 5.74) is 3.28. The predicted octanol–water partition coefficient (Wildman–Crippen LogP) is 2.49. The topological polar surface area (TPSA) is 17.0 Å². The second kappa shape index (κ2) is 3.74. The molecular weight excluding hydrogens is 196 g/mol. The Labute approximate surface area is 93.8 Å². The van der Waals surface area contributed by atoms with Gasteiger partial charge in [0.2, 0.25) is 0 Å². The first-order valence-electron chi connectivity index (χ1n) is 5.25. The summed E-state index contributed by atoms with van der Waals surface area (Å²) in [4.78, 5) is 4.42. The van der Waals surface area contributed by atoms with Gasteiger partial charge in [-0.15, -0.1) is 0 Å². The standard InChI is InChI=1S/C14H11N2/c1-2-6-12(7-3-1)13-10-15-14-8-4-5-9-16(14)11-13/h1-11H/q+1. The van der Waals surface area contributed by atoms with Crippen molar-refractivity contribution in [3.63, 3.8) is 0 Å². The highest BCUT2D eigenvalue weighted by atomic mass is 14.9. The van der Waals surface area contributed by atoms with Gasteiger partial charge in [-0.3, -0.25) is 0 Å². The maximum absolute atomic E-state index is 4.42.